The molecule has 1 aliphatic rings. The molecule has 1 aliphatic carbocycles. The first kappa shape index (κ1) is 15.0. The number of para-hydroxylation sites is 1. The van der Waals surface area contributed by atoms with Gasteiger partial charge in [0.1, 0.15) is 0 Å². The van der Waals surface area contributed by atoms with Gasteiger partial charge in [0.05, 0.1) is 4.92 Å². The number of rotatable bonds is 5. The van der Waals surface area contributed by atoms with Crippen molar-refractivity contribution in [1.82, 2.24) is 5.32 Å². The summed E-state index contributed by atoms with van der Waals surface area (Å²) in [4.78, 5) is 10.8. The van der Waals surface area contributed by atoms with Gasteiger partial charge in [0.15, 0.2) is 0 Å². The Hall–Kier alpha value is -1.42. The zero-order valence-corrected chi connectivity index (χ0v) is 12.9. The first-order valence-corrected chi connectivity index (χ1v) is 7.13. The molecule has 0 heterocycles. The van der Waals surface area contributed by atoms with Gasteiger partial charge >= 0.3 is 0 Å². The molecular formula is C16H24N2O2. The van der Waals surface area contributed by atoms with E-state index in [1.54, 1.807) is 12.1 Å². The molecule has 0 radical (unpaired) electrons. The third-order valence-corrected chi connectivity index (χ3v) is 5.53. The zero-order valence-electron chi connectivity index (χ0n) is 12.9. The van der Waals surface area contributed by atoms with E-state index in [0.29, 0.717) is 12.3 Å². The maximum Gasteiger partial charge on any atom is 0.272 e. The van der Waals surface area contributed by atoms with Crippen LogP contribution < -0.4 is 5.32 Å². The first-order chi connectivity index (χ1) is 9.23. The average molecular weight is 276 g/mol. The van der Waals surface area contributed by atoms with Gasteiger partial charge in [0.2, 0.25) is 0 Å². The van der Waals surface area contributed by atoms with E-state index < -0.39 is 0 Å². The predicted molar refractivity (Wildman–Crippen MR) is 80.7 cm³/mol. The monoisotopic (exact) mass is 276 g/mol. The molecule has 20 heavy (non-hydrogen) atoms. The van der Waals surface area contributed by atoms with Crippen LogP contribution in [0.3, 0.4) is 0 Å². The Balaban J connectivity index is 2.23. The number of nitro groups is 1. The molecule has 1 aromatic rings. The Morgan fingerprint density at radius 3 is 2.25 bits per heavy atom. The van der Waals surface area contributed by atoms with Crippen molar-refractivity contribution in [2.75, 3.05) is 7.05 Å². The quantitative estimate of drug-likeness (QED) is 0.662. The minimum absolute atomic E-state index is 0.226. The molecule has 4 nitrogen and oxygen atoms in total. The van der Waals surface area contributed by atoms with Gasteiger partial charge in [-0.3, -0.25) is 10.1 Å². The summed E-state index contributed by atoms with van der Waals surface area (Å²) in [6.07, 6.45) is 0.700. The van der Waals surface area contributed by atoms with Crippen LogP contribution in [0.2, 0.25) is 0 Å². The van der Waals surface area contributed by atoms with Gasteiger partial charge in [-0.2, -0.15) is 0 Å². The van der Waals surface area contributed by atoms with E-state index in [-0.39, 0.29) is 27.5 Å². The number of nitro benzene ring substituents is 1. The Labute approximate surface area is 120 Å². The summed E-state index contributed by atoms with van der Waals surface area (Å²) in [7, 11) is 1.95. The number of nitrogens with zero attached hydrogens (tertiary/aromatic N) is 1. The maximum atomic E-state index is 11.1. The summed E-state index contributed by atoms with van der Waals surface area (Å²) in [5.74, 6) is 0.528. The molecule has 1 atom stereocenters. The number of hydrogen-bond donors (Lipinski definition) is 1. The van der Waals surface area contributed by atoms with Gasteiger partial charge in [0.25, 0.3) is 5.69 Å². The Kier molecular flexibility index (Phi) is 3.63. The van der Waals surface area contributed by atoms with E-state index >= 15 is 0 Å². The van der Waals surface area contributed by atoms with E-state index in [2.05, 4.69) is 33.0 Å². The van der Waals surface area contributed by atoms with Gasteiger partial charge in [-0.05, 0) is 30.2 Å². The van der Waals surface area contributed by atoms with E-state index in [0.717, 1.165) is 5.56 Å². The van der Waals surface area contributed by atoms with Crippen molar-refractivity contribution in [1.29, 1.82) is 0 Å². The fourth-order valence-corrected chi connectivity index (χ4v) is 3.74. The third-order valence-electron chi connectivity index (χ3n) is 5.53. The predicted octanol–water partition coefficient (Wildman–Crippen LogP) is 3.41. The lowest BCUT2D eigenvalue weighted by Crippen LogP contribution is -2.32. The second-order valence-electron chi connectivity index (χ2n) is 6.91. The number of hydrogen-bond acceptors (Lipinski definition) is 3. The molecule has 110 valence electrons. The van der Waals surface area contributed by atoms with Crippen LogP contribution in [0.5, 0.6) is 0 Å². The Morgan fingerprint density at radius 2 is 1.80 bits per heavy atom. The van der Waals surface area contributed by atoms with Gasteiger partial charge in [-0.1, -0.05) is 45.9 Å². The number of likely N-dealkylation sites (N-methyl/N-ethyl adjacent to an activating group) is 1. The van der Waals surface area contributed by atoms with Gasteiger partial charge in [-0.25, -0.2) is 0 Å². The molecule has 0 bridgehead atoms. The summed E-state index contributed by atoms with van der Waals surface area (Å²) >= 11 is 0. The second kappa shape index (κ2) is 4.85. The van der Waals surface area contributed by atoms with Crippen molar-refractivity contribution in [2.45, 2.75) is 40.2 Å². The summed E-state index contributed by atoms with van der Waals surface area (Å²) < 4.78 is 0. The number of nitrogens with one attached hydrogen (secondary N) is 1. The van der Waals surface area contributed by atoms with Crippen molar-refractivity contribution in [2.24, 2.45) is 16.7 Å². The second-order valence-corrected chi connectivity index (χ2v) is 6.91. The van der Waals surface area contributed by atoms with E-state index in [9.17, 15) is 10.1 Å². The van der Waals surface area contributed by atoms with Crippen LogP contribution in [0.4, 0.5) is 5.69 Å². The maximum absolute atomic E-state index is 11.1. The summed E-state index contributed by atoms with van der Waals surface area (Å²) in [5, 5.41) is 14.5. The molecule has 1 fully saturated rings. The Morgan fingerprint density at radius 1 is 1.25 bits per heavy atom. The minimum Gasteiger partial charge on any atom is -0.316 e. The van der Waals surface area contributed by atoms with Crippen LogP contribution in [0, 0.1) is 26.9 Å². The Bertz CT molecular complexity index is 509. The van der Waals surface area contributed by atoms with Crippen molar-refractivity contribution in [3.05, 3.63) is 39.9 Å². The fourth-order valence-electron chi connectivity index (χ4n) is 3.74. The van der Waals surface area contributed by atoms with E-state index in [1.165, 1.54) is 0 Å². The fraction of sp³-hybridized carbons (Fsp3) is 0.625. The van der Waals surface area contributed by atoms with Crippen LogP contribution in [-0.2, 0) is 6.42 Å². The minimum atomic E-state index is -0.286. The molecule has 1 aromatic carbocycles. The van der Waals surface area contributed by atoms with Crippen molar-refractivity contribution in [3.8, 4) is 0 Å². The van der Waals surface area contributed by atoms with Crippen molar-refractivity contribution in [3.63, 3.8) is 0 Å². The molecule has 4 heteroatoms. The summed E-state index contributed by atoms with van der Waals surface area (Å²) in [6, 6.07) is 7.32. The van der Waals surface area contributed by atoms with Crippen LogP contribution >= 0.6 is 0 Å². The molecule has 1 N–H and O–H groups in total. The topological polar surface area (TPSA) is 55.2 Å². The highest BCUT2D eigenvalue weighted by atomic mass is 16.6. The molecular weight excluding hydrogens is 252 g/mol. The highest BCUT2D eigenvalue weighted by Crippen LogP contribution is 2.69. The SMILES string of the molecule is CNC(Cc1ccccc1[N+](=O)[O-])C1C(C)(C)C1(C)C. The molecule has 0 amide bonds. The van der Waals surface area contributed by atoms with Crippen LogP contribution in [0.15, 0.2) is 24.3 Å². The third kappa shape index (κ3) is 2.22. The molecule has 1 saturated carbocycles. The largest absolute Gasteiger partial charge is 0.316 e. The molecule has 2 rings (SSSR count). The smallest absolute Gasteiger partial charge is 0.272 e. The molecule has 0 spiro atoms. The normalized spacial score (nSPS) is 21.4. The van der Waals surface area contributed by atoms with Crippen LogP contribution in [0.1, 0.15) is 33.3 Å². The average Bonchev–Trinajstić information content (AvgIpc) is 2.77. The van der Waals surface area contributed by atoms with E-state index in [1.807, 2.05) is 19.2 Å². The first-order valence-electron chi connectivity index (χ1n) is 7.13. The lowest BCUT2D eigenvalue weighted by atomic mass is 9.96. The van der Waals surface area contributed by atoms with Crippen molar-refractivity contribution >= 4 is 5.69 Å². The summed E-state index contributed by atoms with van der Waals surface area (Å²) in [5.41, 5.74) is 1.58. The van der Waals surface area contributed by atoms with E-state index in [4.69, 9.17) is 0 Å². The van der Waals surface area contributed by atoms with Crippen LogP contribution in [-0.4, -0.2) is 18.0 Å². The number of benzene rings is 1. The van der Waals surface area contributed by atoms with Gasteiger partial charge < -0.3 is 5.32 Å². The zero-order chi connectivity index (χ0) is 15.1. The van der Waals surface area contributed by atoms with Gasteiger partial charge in [0, 0.05) is 17.7 Å². The highest BCUT2D eigenvalue weighted by Gasteiger charge is 2.66. The lowest BCUT2D eigenvalue weighted by molar-refractivity contribution is -0.385. The standard InChI is InChI=1S/C16H24N2O2/c1-15(2)14(16(15,3)4)12(17-5)10-11-8-6-7-9-13(11)18(19)20/h6-9,12,14,17H,10H2,1-5H3. The van der Waals surface area contributed by atoms with Crippen LogP contribution in [0.25, 0.3) is 0 Å². The molecule has 0 aliphatic heterocycles. The lowest BCUT2D eigenvalue weighted by Gasteiger charge is -2.18. The summed E-state index contributed by atoms with van der Waals surface area (Å²) in [6.45, 7) is 9.12. The molecule has 0 aromatic heterocycles. The molecule has 0 saturated heterocycles. The highest BCUT2D eigenvalue weighted by molar-refractivity contribution is 5.40. The van der Waals surface area contributed by atoms with Gasteiger partial charge in [-0.15, -0.1) is 0 Å². The van der Waals surface area contributed by atoms with Crippen molar-refractivity contribution < 1.29 is 4.92 Å². The molecule has 1 unspecified atom stereocenters.